The lowest BCUT2D eigenvalue weighted by Crippen LogP contribution is -2.02. The minimum Gasteiger partial charge on any atom is -0.275 e. The molecule has 0 unspecified atom stereocenters. The lowest BCUT2D eigenvalue weighted by molar-refractivity contribution is 0.768. The van der Waals surface area contributed by atoms with Crippen LogP contribution < -0.4 is 0 Å². The van der Waals surface area contributed by atoms with Gasteiger partial charge in [-0.15, -0.1) is 10.2 Å². The summed E-state index contributed by atoms with van der Waals surface area (Å²) in [4.78, 5) is 4.60. The second-order valence-corrected chi connectivity index (χ2v) is 6.69. The molecule has 0 N–H and O–H groups in total. The molecule has 0 aliphatic heterocycles. The first-order valence-corrected chi connectivity index (χ1v) is 8.91. The molecule has 0 spiro atoms. The van der Waals surface area contributed by atoms with Gasteiger partial charge < -0.3 is 0 Å². The largest absolute Gasteiger partial charge is 0.275 e. The molecule has 0 aromatic carbocycles. The van der Waals surface area contributed by atoms with Crippen molar-refractivity contribution in [3.63, 3.8) is 0 Å². The Morgan fingerprint density at radius 3 is 2.86 bits per heavy atom. The molecule has 0 saturated carbocycles. The van der Waals surface area contributed by atoms with Crippen molar-refractivity contribution in [3.8, 4) is 11.1 Å². The van der Waals surface area contributed by atoms with E-state index >= 15 is 0 Å². The number of nitrogens with zero attached hydrogens (tertiary/aromatic N) is 7. The van der Waals surface area contributed by atoms with E-state index in [1.807, 2.05) is 49.9 Å². The summed E-state index contributed by atoms with van der Waals surface area (Å²) in [6.07, 6.45) is 14.3. The first kappa shape index (κ1) is 16.3. The van der Waals surface area contributed by atoms with Gasteiger partial charge in [-0.05, 0) is 54.0 Å². The zero-order chi connectivity index (χ0) is 19.1. The zero-order valence-electron chi connectivity index (χ0n) is 15.3. The number of rotatable bonds is 3. The van der Waals surface area contributed by atoms with E-state index in [4.69, 9.17) is 0 Å². The van der Waals surface area contributed by atoms with Crippen LogP contribution in [0, 0.1) is 0 Å². The Kier molecular flexibility index (Phi) is 3.72. The van der Waals surface area contributed by atoms with Crippen molar-refractivity contribution in [2.45, 2.75) is 6.42 Å². The molecule has 0 saturated heterocycles. The van der Waals surface area contributed by atoms with Gasteiger partial charge in [0, 0.05) is 30.6 Å². The van der Waals surface area contributed by atoms with E-state index in [-0.39, 0.29) is 0 Å². The van der Waals surface area contributed by atoms with Crippen LogP contribution in [0.5, 0.6) is 0 Å². The predicted octanol–water partition coefficient (Wildman–Crippen LogP) is 3.22. The van der Waals surface area contributed by atoms with E-state index in [0.717, 1.165) is 34.5 Å². The standard InChI is InChI=1S/C21H17N7/c1-3-18-5-7-20-24-25-21(28(20)26-18)9-14-4-6-19-15(8-14)10-16(11-22-19)17-12-23-27(2)13-17/h3-7,9-13H,1,8H2,2H3. The summed E-state index contributed by atoms with van der Waals surface area (Å²) in [7, 11) is 1.91. The molecule has 136 valence electrons. The molecule has 5 rings (SSSR count). The van der Waals surface area contributed by atoms with Crippen LogP contribution in [0.15, 0.2) is 55.0 Å². The molecule has 4 heterocycles. The van der Waals surface area contributed by atoms with Crippen molar-refractivity contribution >= 4 is 23.9 Å². The molecule has 0 fully saturated rings. The quantitative estimate of drug-likeness (QED) is 0.556. The third-order valence-corrected chi connectivity index (χ3v) is 4.72. The maximum atomic E-state index is 4.60. The summed E-state index contributed by atoms with van der Waals surface area (Å²) in [5.74, 6) is 0.693. The summed E-state index contributed by atoms with van der Waals surface area (Å²) in [6, 6.07) is 5.93. The average molecular weight is 367 g/mol. The molecule has 1 aliphatic rings. The monoisotopic (exact) mass is 367 g/mol. The number of allylic oxidation sites excluding steroid dienone is 2. The number of aromatic nitrogens is 7. The molecule has 28 heavy (non-hydrogen) atoms. The van der Waals surface area contributed by atoms with Crippen LogP contribution in [-0.2, 0) is 13.5 Å². The number of aryl methyl sites for hydroxylation is 1. The molecule has 7 nitrogen and oxygen atoms in total. The minimum atomic E-state index is 0.693. The summed E-state index contributed by atoms with van der Waals surface area (Å²) in [5.41, 5.74) is 6.89. The summed E-state index contributed by atoms with van der Waals surface area (Å²) < 4.78 is 3.53. The van der Waals surface area contributed by atoms with Gasteiger partial charge in [-0.1, -0.05) is 12.7 Å². The lowest BCUT2D eigenvalue weighted by atomic mass is 9.95. The topological polar surface area (TPSA) is 73.8 Å². The van der Waals surface area contributed by atoms with E-state index in [9.17, 15) is 0 Å². The molecular weight excluding hydrogens is 350 g/mol. The van der Waals surface area contributed by atoms with E-state index in [1.54, 1.807) is 15.3 Å². The molecule has 0 radical (unpaired) electrons. The number of pyridine rings is 1. The summed E-state index contributed by atoms with van der Waals surface area (Å²) >= 11 is 0. The first-order chi connectivity index (χ1) is 13.7. The SMILES string of the molecule is C=Cc1ccc2nnc(C=C3C=Cc4ncc(-c5cnn(C)c5)cc4C3)n2n1. The van der Waals surface area contributed by atoms with E-state index in [0.29, 0.717) is 11.5 Å². The van der Waals surface area contributed by atoms with Gasteiger partial charge in [0.05, 0.1) is 17.6 Å². The van der Waals surface area contributed by atoms with Gasteiger partial charge in [0.25, 0.3) is 0 Å². The Hall–Kier alpha value is -3.87. The molecule has 4 aromatic rings. The van der Waals surface area contributed by atoms with Crippen LogP contribution in [0.4, 0.5) is 0 Å². The van der Waals surface area contributed by atoms with Gasteiger partial charge in [0.15, 0.2) is 11.5 Å². The molecule has 7 heteroatoms. The molecule has 0 atom stereocenters. The van der Waals surface area contributed by atoms with Crippen molar-refractivity contribution in [1.82, 2.24) is 34.6 Å². The Bertz CT molecular complexity index is 1270. The van der Waals surface area contributed by atoms with Crippen molar-refractivity contribution in [2.24, 2.45) is 7.05 Å². The van der Waals surface area contributed by atoms with E-state index in [1.165, 1.54) is 5.56 Å². The fourth-order valence-corrected chi connectivity index (χ4v) is 3.29. The van der Waals surface area contributed by atoms with Crippen molar-refractivity contribution in [2.75, 3.05) is 0 Å². The fourth-order valence-electron chi connectivity index (χ4n) is 3.29. The van der Waals surface area contributed by atoms with Gasteiger partial charge in [-0.25, -0.2) is 0 Å². The van der Waals surface area contributed by atoms with Crippen LogP contribution in [0.2, 0.25) is 0 Å². The van der Waals surface area contributed by atoms with Gasteiger partial charge >= 0.3 is 0 Å². The maximum Gasteiger partial charge on any atom is 0.178 e. The smallest absolute Gasteiger partial charge is 0.178 e. The van der Waals surface area contributed by atoms with E-state index in [2.05, 4.69) is 44.1 Å². The van der Waals surface area contributed by atoms with Crippen LogP contribution in [0.1, 0.15) is 22.8 Å². The third-order valence-electron chi connectivity index (χ3n) is 4.72. The van der Waals surface area contributed by atoms with Crippen LogP contribution in [-0.4, -0.2) is 34.6 Å². The fraction of sp³-hybridized carbons (Fsp3) is 0.0952. The van der Waals surface area contributed by atoms with Crippen LogP contribution in [0.3, 0.4) is 0 Å². The number of hydrogen-bond donors (Lipinski definition) is 0. The van der Waals surface area contributed by atoms with Gasteiger partial charge in [-0.3, -0.25) is 9.67 Å². The Balaban J connectivity index is 1.51. The number of fused-ring (bicyclic) bond motifs is 2. The molecular formula is C21H17N7. The highest BCUT2D eigenvalue weighted by atomic mass is 15.4. The Labute approximate surface area is 161 Å². The normalized spacial score (nSPS) is 14.5. The maximum absolute atomic E-state index is 4.60. The highest BCUT2D eigenvalue weighted by Gasteiger charge is 2.13. The lowest BCUT2D eigenvalue weighted by Gasteiger charge is -2.13. The minimum absolute atomic E-state index is 0.693. The van der Waals surface area contributed by atoms with Crippen molar-refractivity contribution < 1.29 is 0 Å². The van der Waals surface area contributed by atoms with Crippen molar-refractivity contribution in [3.05, 3.63) is 77.8 Å². The molecule has 1 aliphatic carbocycles. The predicted molar refractivity (Wildman–Crippen MR) is 108 cm³/mol. The highest BCUT2D eigenvalue weighted by Crippen LogP contribution is 2.27. The Morgan fingerprint density at radius 2 is 2.04 bits per heavy atom. The van der Waals surface area contributed by atoms with Gasteiger partial charge in [0.1, 0.15) is 0 Å². The molecule has 0 amide bonds. The molecule has 0 bridgehead atoms. The zero-order valence-corrected chi connectivity index (χ0v) is 15.3. The van der Waals surface area contributed by atoms with Crippen LogP contribution in [0.25, 0.3) is 35.0 Å². The average Bonchev–Trinajstić information content (AvgIpc) is 3.33. The highest BCUT2D eigenvalue weighted by molar-refractivity contribution is 5.69. The third kappa shape index (κ3) is 2.83. The Morgan fingerprint density at radius 1 is 1.11 bits per heavy atom. The summed E-state index contributed by atoms with van der Waals surface area (Å²) in [6.45, 7) is 3.77. The van der Waals surface area contributed by atoms with Crippen LogP contribution >= 0.6 is 0 Å². The summed E-state index contributed by atoms with van der Waals surface area (Å²) in [5, 5.41) is 17.2. The molecule has 4 aromatic heterocycles. The number of hydrogen-bond acceptors (Lipinski definition) is 5. The van der Waals surface area contributed by atoms with Crippen molar-refractivity contribution in [1.29, 1.82) is 0 Å². The van der Waals surface area contributed by atoms with Gasteiger partial charge in [0.2, 0.25) is 0 Å². The van der Waals surface area contributed by atoms with Gasteiger partial charge in [-0.2, -0.15) is 14.7 Å². The second-order valence-electron chi connectivity index (χ2n) is 6.69. The first-order valence-electron chi connectivity index (χ1n) is 8.91. The second kappa shape index (κ2) is 6.38. The van der Waals surface area contributed by atoms with E-state index < -0.39 is 0 Å².